The van der Waals surface area contributed by atoms with Crippen molar-refractivity contribution in [1.82, 2.24) is 10.3 Å². The number of carbonyl (C=O) groups excluding carboxylic acids is 2. The Morgan fingerprint density at radius 2 is 1.80 bits per heavy atom. The van der Waals surface area contributed by atoms with Crippen LogP contribution in [0.25, 0.3) is 0 Å². The first-order valence-corrected chi connectivity index (χ1v) is 10.4. The molecule has 136 valence electrons. The molecule has 0 spiro atoms. The molecule has 4 aliphatic carbocycles. The Morgan fingerprint density at radius 3 is 2.36 bits per heavy atom. The summed E-state index contributed by atoms with van der Waals surface area (Å²) >= 11 is 1.45. The zero-order valence-corrected chi connectivity index (χ0v) is 15.8. The Kier molecular flexibility index (Phi) is 4.34. The number of aromatic nitrogens is 1. The van der Waals surface area contributed by atoms with Gasteiger partial charge >= 0.3 is 11.8 Å². The van der Waals surface area contributed by atoms with E-state index in [0.717, 1.165) is 29.9 Å². The largest absolute Gasteiger partial charge is 0.345 e. The van der Waals surface area contributed by atoms with E-state index in [4.69, 9.17) is 4.98 Å². The van der Waals surface area contributed by atoms with Gasteiger partial charge < -0.3 is 5.32 Å². The summed E-state index contributed by atoms with van der Waals surface area (Å²) in [4.78, 5) is 28.7. The second kappa shape index (κ2) is 6.38. The molecule has 6 heteroatoms. The second-order valence-corrected chi connectivity index (χ2v) is 9.33. The van der Waals surface area contributed by atoms with Crippen molar-refractivity contribution in [3.63, 3.8) is 0 Å². The lowest BCUT2D eigenvalue weighted by Gasteiger charge is -2.56. The van der Waals surface area contributed by atoms with E-state index in [1.165, 1.54) is 49.9 Å². The Labute approximate surface area is 153 Å². The van der Waals surface area contributed by atoms with E-state index in [9.17, 15) is 9.59 Å². The van der Waals surface area contributed by atoms with Crippen molar-refractivity contribution < 1.29 is 9.59 Å². The van der Waals surface area contributed by atoms with Gasteiger partial charge in [-0.05, 0) is 69.6 Å². The Hall–Kier alpha value is -1.43. The summed E-state index contributed by atoms with van der Waals surface area (Å²) in [5, 5.41) is 8.03. The lowest BCUT2D eigenvalue weighted by Crippen LogP contribution is -2.48. The van der Waals surface area contributed by atoms with E-state index in [-0.39, 0.29) is 11.5 Å². The molecule has 0 aliphatic heterocycles. The maximum atomic E-state index is 12.1. The van der Waals surface area contributed by atoms with Gasteiger partial charge in [-0.15, -0.1) is 11.3 Å². The summed E-state index contributed by atoms with van der Waals surface area (Å²) in [5.41, 5.74) is 1.38. The summed E-state index contributed by atoms with van der Waals surface area (Å²) < 4.78 is 0. The van der Waals surface area contributed by atoms with Gasteiger partial charge in [0.25, 0.3) is 0 Å². The van der Waals surface area contributed by atoms with Gasteiger partial charge in [0, 0.05) is 16.8 Å². The fourth-order valence-corrected chi connectivity index (χ4v) is 6.37. The molecule has 1 aromatic rings. The minimum atomic E-state index is -0.619. The predicted molar refractivity (Wildman–Crippen MR) is 98.5 cm³/mol. The van der Waals surface area contributed by atoms with E-state index in [0.29, 0.717) is 5.13 Å². The molecule has 1 atom stereocenters. The Morgan fingerprint density at radius 1 is 1.20 bits per heavy atom. The molecule has 4 fully saturated rings. The molecule has 4 aliphatic rings. The molecule has 2 N–H and O–H groups in total. The van der Waals surface area contributed by atoms with Crippen molar-refractivity contribution in [1.29, 1.82) is 0 Å². The predicted octanol–water partition coefficient (Wildman–Crippen LogP) is 3.46. The maximum absolute atomic E-state index is 12.1. The average Bonchev–Trinajstić information content (AvgIpc) is 3.02. The van der Waals surface area contributed by atoms with Crippen LogP contribution in [0.4, 0.5) is 5.13 Å². The van der Waals surface area contributed by atoms with Crippen molar-refractivity contribution in [2.24, 2.45) is 17.8 Å². The highest BCUT2D eigenvalue weighted by Gasteiger charge is 2.52. The van der Waals surface area contributed by atoms with Crippen molar-refractivity contribution in [3.05, 3.63) is 11.1 Å². The van der Waals surface area contributed by atoms with Crippen LogP contribution in [0.1, 0.15) is 64.5 Å². The first kappa shape index (κ1) is 17.0. The first-order chi connectivity index (χ1) is 12.0. The van der Waals surface area contributed by atoms with Crippen LogP contribution in [-0.4, -0.2) is 22.8 Å². The van der Waals surface area contributed by atoms with Gasteiger partial charge in [-0.3, -0.25) is 14.9 Å². The highest BCUT2D eigenvalue weighted by Crippen LogP contribution is 2.60. The van der Waals surface area contributed by atoms with Crippen LogP contribution >= 0.6 is 11.3 Å². The molecule has 0 aromatic carbocycles. The number of nitrogens with one attached hydrogen (secondary N) is 2. The van der Waals surface area contributed by atoms with E-state index < -0.39 is 11.8 Å². The van der Waals surface area contributed by atoms with Gasteiger partial charge in [0.1, 0.15) is 0 Å². The number of amides is 2. The molecule has 5 nitrogen and oxygen atoms in total. The number of hydrogen-bond acceptors (Lipinski definition) is 4. The lowest BCUT2D eigenvalue weighted by molar-refractivity contribution is -0.136. The summed E-state index contributed by atoms with van der Waals surface area (Å²) in [6, 6.07) is -0.00266. The SMILES string of the molecule is CCC(C)NC(=O)C(=O)Nc1nc(C23CC4CC(CC(C4)C2)C3)cs1. The Balaban J connectivity index is 1.44. The van der Waals surface area contributed by atoms with E-state index in [1.54, 1.807) is 0 Å². The molecule has 4 bridgehead atoms. The third kappa shape index (κ3) is 3.21. The van der Waals surface area contributed by atoms with E-state index >= 15 is 0 Å². The van der Waals surface area contributed by atoms with Gasteiger partial charge in [0.2, 0.25) is 0 Å². The zero-order chi connectivity index (χ0) is 17.6. The summed E-state index contributed by atoms with van der Waals surface area (Å²) in [5.74, 6) is 1.40. The molecule has 0 radical (unpaired) electrons. The first-order valence-electron chi connectivity index (χ1n) is 9.55. The molecular formula is C19H27N3O2S. The monoisotopic (exact) mass is 361 g/mol. The highest BCUT2D eigenvalue weighted by atomic mass is 32.1. The number of rotatable bonds is 4. The molecule has 5 rings (SSSR count). The summed E-state index contributed by atoms with van der Waals surface area (Å²) in [6.45, 7) is 3.86. The highest BCUT2D eigenvalue weighted by molar-refractivity contribution is 7.14. The van der Waals surface area contributed by atoms with E-state index in [2.05, 4.69) is 16.0 Å². The van der Waals surface area contributed by atoms with Crippen molar-refractivity contribution in [2.75, 3.05) is 5.32 Å². The Bertz CT molecular complexity index is 649. The normalized spacial score (nSPS) is 33.9. The van der Waals surface area contributed by atoms with Crippen LogP contribution in [0.5, 0.6) is 0 Å². The quantitative estimate of drug-likeness (QED) is 0.807. The lowest BCUT2D eigenvalue weighted by atomic mass is 9.49. The molecular weight excluding hydrogens is 334 g/mol. The molecule has 1 aromatic heterocycles. The molecule has 1 unspecified atom stereocenters. The number of anilines is 1. The van der Waals surface area contributed by atoms with Crippen LogP contribution < -0.4 is 10.6 Å². The molecule has 4 saturated carbocycles. The number of hydrogen-bond donors (Lipinski definition) is 2. The van der Waals surface area contributed by atoms with Crippen LogP contribution in [0.3, 0.4) is 0 Å². The molecule has 25 heavy (non-hydrogen) atoms. The number of carbonyl (C=O) groups is 2. The minimum Gasteiger partial charge on any atom is -0.345 e. The van der Waals surface area contributed by atoms with Crippen LogP contribution in [0.15, 0.2) is 5.38 Å². The van der Waals surface area contributed by atoms with Gasteiger partial charge in [0.05, 0.1) is 5.69 Å². The summed E-state index contributed by atoms with van der Waals surface area (Å²) in [6.07, 6.45) is 8.78. The second-order valence-electron chi connectivity index (χ2n) is 8.47. The molecule has 2 amide bonds. The van der Waals surface area contributed by atoms with Crippen molar-refractivity contribution in [2.45, 2.75) is 70.3 Å². The third-order valence-electron chi connectivity index (χ3n) is 6.50. The fourth-order valence-electron chi connectivity index (χ4n) is 5.54. The van der Waals surface area contributed by atoms with Gasteiger partial charge in [0.15, 0.2) is 5.13 Å². The summed E-state index contributed by atoms with van der Waals surface area (Å²) in [7, 11) is 0. The fraction of sp³-hybridized carbons (Fsp3) is 0.737. The minimum absolute atomic E-state index is 0.00266. The van der Waals surface area contributed by atoms with E-state index in [1.807, 2.05) is 13.8 Å². The molecule has 0 saturated heterocycles. The van der Waals surface area contributed by atoms with Crippen molar-refractivity contribution in [3.8, 4) is 0 Å². The maximum Gasteiger partial charge on any atom is 0.315 e. The zero-order valence-electron chi connectivity index (χ0n) is 15.0. The average molecular weight is 362 g/mol. The molecule has 1 heterocycles. The smallest absolute Gasteiger partial charge is 0.315 e. The number of thiazole rings is 1. The third-order valence-corrected chi connectivity index (χ3v) is 7.26. The van der Waals surface area contributed by atoms with Crippen molar-refractivity contribution >= 4 is 28.3 Å². The number of nitrogens with zero attached hydrogens (tertiary/aromatic N) is 1. The standard InChI is InChI=1S/C19H27N3O2S/c1-3-11(2)20-16(23)17(24)22-18-21-15(10-25-18)19-7-12-4-13(8-19)6-14(5-12)9-19/h10-14H,3-9H2,1-2H3,(H,20,23)(H,21,22,24). The van der Waals surface area contributed by atoms with Gasteiger partial charge in [-0.2, -0.15) is 0 Å². The van der Waals surface area contributed by atoms with Gasteiger partial charge in [-0.1, -0.05) is 6.92 Å². The van der Waals surface area contributed by atoms with Gasteiger partial charge in [-0.25, -0.2) is 4.98 Å². The van der Waals surface area contributed by atoms with Crippen LogP contribution in [0, 0.1) is 17.8 Å². The van der Waals surface area contributed by atoms with Crippen LogP contribution in [0.2, 0.25) is 0 Å². The topological polar surface area (TPSA) is 71.1 Å². The van der Waals surface area contributed by atoms with Crippen LogP contribution in [-0.2, 0) is 15.0 Å².